The molecule has 1 atom stereocenters. The molecule has 16 nitrogen and oxygen atoms in total. The van der Waals surface area contributed by atoms with Gasteiger partial charge in [0.15, 0.2) is 0 Å². The van der Waals surface area contributed by atoms with E-state index in [1.165, 1.54) is 30.2 Å². The SMILES string of the molecule is CC(C)c1ccccc1[C@H]1COCCN1C1CCC2(CC1)CCN(c1ccc(C(=O)NS(=O)(=O)c3cnc(NCC4CCC(C)(O)CC4)c([N+](=O)[O-])c3)c(Oc3cnc4[nH]ccc4c3)c1)CC2. The summed E-state index contributed by atoms with van der Waals surface area (Å²) in [6, 6.07) is 19.3. The zero-order chi connectivity index (χ0) is 46.9. The number of pyridine rings is 2. The van der Waals surface area contributed by atoms with E-state index in [1.54, 1.807) is 31.3 Å². The molecule has 2 aromatic carbocycles. The monoisotopic (exact) mass is 934 g/mol. The van der Waals surface area contributed by atoms with E-state index in [0.717, 1.165) is 94.7 Å². The molecule has 4 aliphatic rings. The molecular formula is C50H62N8O8S. The van der Waals surface area contributed by atoms with Gasteiger partial charge in [0.2, 0.25) is 5.82 Å². The molecule has 1 spiro atoms. The zero-order valence-electron chi connectivity index (χ0n) is 38.6. The third kappa shape index (κ3) is 10.3. The van der Waals surface area contributed by atoms with Crippen molar-refractivity contribution in [1.82, 2.24) is 24.6 Å². The molecule has 0 radical (unpaired) electrons. The van der Waals surface area contributed by atoms with Gasteiger partial charge >= 0.3 is 5.69 Å². The molecule has 4 fully saturated rings. The van der Waals surface area contributed by atoms with Crippen LogP contribution in [0.25, 0.3) is 11.0 Å². The van der Waals surface area contributed by atoms with Crippen LogP contribution in [0, 0.1) is 21.4 Å². The van der Waals surface area contributed by atoms with E-state index in [-0.39, 0.29) is 34.5 Å². The van der Waals surface area contributed by atoms with Crippen molar-refractivity contribution in [3.05, 3.63) is 106 Å². The first-order chi connectivity index (χ1) is 32.2. The molecule has 67 heavy (non-hydrogen) atoms. The lowest BCUT2D eigenvalue weighted by atomic mass is 9.66. The van der Waals surface area contributed by atoms with Crippen molar-refractivity contribution in [2.45, 2.75) is 113 Å². The van der Waals surface area contributed by atoms with Crippen LogP contribution in [0.2, 0.25) is 0 Å². The number of carbonyl (C=O) groups excluding carboxylic acids is 1. The highest BCUT2D eigenvalue weighted by molar-refractivity contribution is 7.90. The van der Waals surface area contributed by atoms with Gasteiger partial charge in [0, 0.05) is 61.6 Å². The molecule has 9 rings (SSSR count). The highest BCUT2D eigenvalue weighted by atomic mass is 32.2. The minimum absolute atomic E-state index is 0.0436. The highest BCUT2D eigenvalue weighted by Crippen LogP contribution is 2.48. The number of carbonyl (C=O) groups is 1. The minimum Gasteiger partial charge on any atom is -0.455 e. The molecule has 356 valence electrons. The number of amides is 1. The standard InChI is InChI=1S/C50H62N8O8S/c1-33(2)40-6-4-5-7-41(40)44-32-65-25-24-57(44)36-12-17-50(18-13-36)19-22-56(23-20-50)37-8-9-42(45(27-37)66-38-26-35-14-21-51-46(35)53-30-38)48(59)55-67(63,64)39-28-43(58(61)62)47(54-31-39)52-29-34-10-15-49(3,60)16-11-34/h4-9,14,21,26-28,30-31,33-34,36,44,60H,10-13,15-20,22-25,29,32H2,1-3H3,(H,51,53)(H,52,54)(H,55,59)/t34?,44-,49?/m1/s1. The Morgan fingerprint density at radius 1 is 0.985 bits per heavy atom. The molecule has 4 N–H and O–H groups in total. The normalized spacial score (nSPS) is 22.8. The number of morpholine rings is 1. The summed E-state index contributed by atoms with van der Waals surface area (Å²) in [4.78, 5) is 41.5. The molecule has 0 bridgehead atoms. The third-order valence-electron chi connectivity index (χ3n) is 15.0. The van der Waals surface area contributed by atoms with Crippen molar-refractivity contribution in [1.29, 1.82) is 0 Å². The Bertz CT molecular complexity index is 2700. The molecule has 5 aromatic rings. The number of nitrogens with one attached hydrogen (secondary N) is 3. The van der Waals surface area contributed by atoms with Crippen LogP contribution in [0.15, 0.2) is 84.1 Å². The second kappa shape index (κ2) is 19.2. The summed E-state index contributed by atoms with van der Waals surface area (Å²) in [5, 5.41) is 26.2. The van der Waals surface area contributed by atoms with E-state index in [4.69, 9.17) is 9.47 Å². The molecule has 0 unspecified atom stereocenters. The lowest BCUT2D eigenvalue weighted by Gasteiger charge is -2.50. The number of aromatic nitrogens is 3. The largest absolute Gasteiger partial charge is 0.455 e. The van der Waals surface area contributed by atoms with Gasteiger partial charge in [0.1, 0.15) is 22.0 Å². The van der Waals surface area contributed by atoms with Gasteiger partial charge in [-0.15, -0.1) is 0 Å². The summed E-state index contributed by atoms with van der Waals surface area (Å²) < 4.78 is 42.0. The number of anilines is 2. The maximum absolute atomic E-state index is 14.0. The van der Waals surface area contributed by atoms with Crippen molar-refractivity contribution in [3.63, 3.8) is 0 Å². The fourth-order valence-electron chi connectivity index (χ4n) is 10.9. The van der Waals surface area contributed by atoms with Gasteiger partial charge in [-0.3, -0.25) is 19.8 Å². The number of hydrogen-bond acceptors (Lipinski definition) is 13. The first-order valence-corrected chi connectivity index (χ1v) is 25.2. The molecule has 1 amide bonds. The van der Waals surface area contributed by atoms with Gasteiger partial charge in [-0.05, 0) is 124 Å². The van der Waals surface area contributed by atoms with Gasteiger partial charge in [0.25, 0.3) is 15.9 Å². The summed E-state index contributed by atoms with van der Waals surface area (Å²) in [6.07, 6.45) is 13.7. The fourth-order valence-corrected chi connectivity index (χ4v) is 11.8. The van der Waals surface area contributed by atoms with E-state index >= 15 is 0 Å². The molecule has 2 aliphatic heterocycles. The number of hydrogen-bond donors (Lipinski definition) is 4. The van der Waals surface area contributed by atoms with Crippen LogP contribution in [0.1, 0.15) is 118 Å². The number of rotatable bonds is 13. The Hall–Kier alpha value is -5.62. The number of piperidine rings is 1. The summed E-state index contributed by atoms with van der Waals surface area (Å²) in [6.45, 7) is 10.8. The maximum Gasteiger partial charge on any atom is 0.312 e. The second-order valence-electron chi connectivity index (χ2n) is 19.8. The molecule has 3 aromatic heterocycles. The first-order valence-electron chi connectivity index (χ1n) is 23.8. The first kappa shape index (κ1) is 46.5. The number of ether oxygens (including phenoxy) is 2. The average molecular weight is 935 g/mol. The number of nitro groups is 1. The van der Waals surface area contributed by atoms with Gasteiger partial charge in [-0.25, -0.2) is 23.1 Å². The van der Waals surface area contributed by atoms with Crippen LogP contribution in [0.3, 0.4) is 0 Å². The van der Waals surface area contributed by atoms with Gasteiger partial charge in [0.05, 0.1) is 47.7 Å². The van der Waals surface area contributed by atoms with Crippen LogP contribution >= 0.6 is 0 Å². The smallest absolute Gasteiger partial charge is 0.312 e. The van der Waals surface area contributed by atoms with E-state index in [1.807, 2.05) is 12.1 Å². The van der Waals surface area contributed by atoms with Crippen molar-refractivity contribution >= 4 is 44.2 Å². The zero-order valence-corrected chi connectivity index (χ0v) is 39.4. The van der Waals surface area contributed by atoms with E-state index in [2.05, 4.69) is 72.9 Å². The number of nitrogens with zero attached hydrogens (tertiary/aromatic N) is 5. The van der Waals surface area contributed by atoms with Crippen LogP contribution < -0.4 is 19.7 Å². The second-order valence-corrected chi connectivity index (χ2v) is 21.4. The molecule has 17 heteroatoms. The minimum atomic E-state index is -4.63. The van der Waals surface area contributed by atoms with Crippen LogP contribution in [-0.4, -0.2) is 95.2 Å². The Labute approximate surface area is 392 Å². The Kier molecular flexibility index (Phi) is 13.3. The molecule has 2 saturated heterocycles. The maximum atomic E-state index is 14.0. The number of benzene rings is 2. The number of aromatic amines is 1. The fraction of sp³-hybridized carbons (Fsp3) is 0.500. The van der Waals surface area contributed by atoms with Crippen molar-refractivity contribution in [2.24, 2.45) is 11.3 Å². The number of aliphatic hydroxyl groups is 1. The lowest BCUT2D eigenvalue weighted by Crippen LogP contribution is -2.50. The number of H-pyrrole nitrogens is 1. The van der Waals surface area contributed by atoms with E-state index in [9.17, 15) is 28.4 Å². The summed E-state index contributed by atoms with van der Waals surface area (Å²) in [7, 11) is -4.63. The Morgan fingerprint density at radius 2 is 1.75 bits per heavy atom. The summed E-state index contributed by atoms with van der Waals surface area (Å²) in [5.41, 5.74) is 3.25. The van der Waals surface area contributed by atoms with Gasteiger partial charge in [-0.2, -0.15) is 0 Å². The number of fused-ring (bicyclic) bond motifs is 1. The average Bonchev–Trinajstić information content (AvgIpc) is 3.80. The van der Waals surface area contributed by atoms with E-state index in [0.29, 0.717) is 42.7 Å². The lowest BCUT2D eigenvalue weighted by molar-refractivity contribution is -0.384. The summed E-state index contributed by atoms with van der Waals surface area (Å²) in [5.74, 6) is 0.0486. The van der Waals surface area contributed by atoms with Crippen molar-refractivity contribution in [2.75, 3.05) is 49.6 Å². The predicted molar refractivity (Wildman–Crippen MR) is 256 cm³/mol. The predicted octanol–water partition coefficient (Wildman–Crippen LogP) is 8.86. The van der Waals surface area contributed by atoms with Gasteiger partial charge in [-0.1, -0.05) is 38.1 Å². The van der Waals surface area contributed by atoms with E-state index < -0.39 is 37.0 Å². The molecule has 5 heterocycles. The molecular weight excluding hydrogens is 873 g/mol. The van der Waals surface area contributed by atoms with Crippen LogP contribution in [-0.2, 0) is 14.8 Å². The van der Waals surface area contributed by atoms with Crippen LogP contribution in [0.4, 0.5) is 17.2 Å². The third-order valence-corrected chi connectivity index (χ3v) is 16.2. The summed E-state index contributed by atoms with van der Waals surface area (Å²) >= 11 is 0. The Morgan fingerprint density at radius 3 is 2.49 bits per heavy atom. The van der Waals surface area contributed by atoms with Crippen molar-refractivity contribution in [3.8, 4) is 11.5 Å². The number of sulfonamides is 1. The molecule has 2 aliphatic carbocycles. The van der Waals surface area contributed by atoms with Gasteiger partial charge < -0.3 is 29.8 Å². The quantitative estimate of drug-likeness (QED) is 0.0644. The topological polar surface area (TPSA) is 205 Å². The Balaban J connectivity index is 0.889. The van der Waals surface area contributed by atoms with Crippen molar-refractivity contribution < 1.29 is 32.7 Å². The highest BCUT2D eigenvalue weighted by Gasteiger charge is 2.42. The van der Waals surface area contributed by atoms with Crippen LogP contribution in [0.5, 0.6) is 11.5 Å². The molecule has 2 saturated carbocycles.